The second-order valence-electron chi connectivity index (χ2n) is 9.31. The fourth-order valence-corrected chi connectivity index (χ4v) is 4.27. The molecule has 0 aliphatic heterocycles. The van der Waals surface area contributed by atoms with Gasteiger partial charge in [0.2, 0.25) is 0 Å². The van der Waals surface area contributed by atoms with Crippen LogP contribution in [0.4, 0.5) is 5.69 Å². The van der Waals surface area contributed by atoms with Crippen LogP contribution in [0.15, 0.2) is 60.7 Å². The molecule has 0 saturated carbocycles. The average Bonchev–Trinajstić information content (AvgIpc) is 2.86. The third kappa shape index (κ3) is 8.52. The summed E-state index contributed by atoms with van der Waals surface area (Å²) in [4.78, 5) is 12.8. The summed E-state index contributed by atoms with van der Waals surface area (Å²) in [5.74, 6) is 0.820. The number of aryl methyl sites for hydroxylation is 1. The van der Waals surface area contributed by atoms with E-state index >= 15 is 0 Å². The Morgan fingerprint density at radius 2 is 1.44 bits per heavy atom. The highest BCUT2D eigenvalue weighted by atomic mass is 16.5. The summed E-state index contributed by atoms with van der Waals surface area (Å²) in [7, 11) is 0. The van der Waals surface area contributed by atoms with Gasteiger partial charge < -0.3 is 10.1 Å². The molecule has 0 aromatic heterocycles. The molecule has 0 fully saturated rings. The molecular formula is C31H41NO2. The molecule has 3 aromatic carbocycles. The zero-order valence-corrected chi connectivity index (χ0v) is 21.1. The molecular weight excluding hydrogens is 418 g/mol. The van der Waals surface area contributed by atoms with E-state index in [9.17, 15) is 4.79 Å². The lowest BCUT2D eigenvalue weighted by Crippen LogP contribution is -2.11. The first-order chi connectivity index (χ1) is 16.7. The Kier molecular flexibility index (Phi) is 11.0. The number of hydrogen-bond donors (Lipinski definition) is 1. The molecule has 1 amide bonds. The van der Waals surface area contributed by atoms with Crippen LogP contribution in [0.3, 0.4) is 0 Å². The Morgan fingerprint density at radius 3 is 2.24 bits per heavy atom. The zero-order valence-electron chi connectivity index (χ0n) is 21.1. The summed E-state index contributed by atoms with van der Waals surface area (Å²) in [6.45, 7) is 5.21. The fraction of sp³-hybridized carbons (Fsp3) is 0.452. The second kappa shape index (κ2) is 14.5. The summed E-state index contributed by atoms with van der Waals surface area (Å²) in [5.41, 5.74) is 2.78. The monoisotopic (exact) mass is 459 g/mol. The van der Waals surface area contributed by atoms with Gasteiger partial charge in [-0.25, -0.2) is 0 Å². The van der Waals surface area contributed by atoms with Crippen molar-refractivity contribution in [2.24, 2.45) is 0 Å². The van der Waals surface area contributed by atoms with Gasteiger partial charge in [0, 0.05) is 11.3 Å². The van der Waals surface area contributed by atoms with Crippen LogP contribution in [0.2, 0.25) is 0 Å². The number of fused-ring (bicyclic) bond motifs is 1. The SMILES string of the molecule is CCCCCCCCCCOc1ccc2cc(C(=O)Nc3cccc(CCCC)c3)ccc2c1. The number of amides is 1. The summed E-state index contributed by atoms with van der Waals surface area (Å²) >= 11 is 0. The van der Waals surface area contributed by atoms with E-state index in [2.05, 4.69) is 37.4 Å². The molecule has 0 aliphatic rings. The van der Waals surface area contributed by atoms with Crippen molar-refractivity contribution in [3.05, 3.63) is 71.8 Å². The summed E-state index contributed by atoms with van der Waals surface area (Å²) < 4.78 is 5.98. The number of benzene rings is 3. The molecule has 0 radical (unpaired) electrons. The number of unbranched alkanes of at least 4 members (excludes halogenated alkanes) is 8. The molecule has 1 N–H and O–H groups in total. The highest BCUT2D eigenvalue weighted by molar-refractivity contribution is 6.06. The molecule has 0 saturated heterocycles. The molecule has 3 aromatic rings. The molecule has 0 heterocycles. The van der Waals surface area contributed by atoms with Crippen molar-refractivity contribution in [3.8, 4) is 5.75 Å². The number of carbonyl (C=O) groups excluding carboxylic acids is 1. The molecule has 0 aliphatic carbocycles. The van der Waals surface area contributed by atoms with Gasteiger partial charge in [-0.2, -0.15) is 0 Å². The first-order valence-electron chi connectivity index (χ1n) is 13.3. The Bertz CT molecular complexity index is 1030. The van der Waals surface area contributed by atoms with Crippen molar-refractivity contribution in [3.63, 3.8) is 0 Å². The normalized spacial score (nSPS) is 11.0. The van der Waals surface area contributed by atoms with Crippen LogP contribution in [0.25, 0.3) is 10.8 Å². The maximum Gasteiger partial charge on any atom is 0.255 e. The Hall–Kier alpha value is -2.81. The van der Waals surface area contributed by atoms with Crippen molar-refractivity contribution in [1.29, 1.82) is 0 Å². The molecule has 0 spiro atoms. The molecule has 3 heteroatoms. The topological polar surface area (TPSA) is 38.3 Å². The molecule has 3 nitrogen and oxygen atoms in total. The largest absolute Gasteiger partial charge is 0.494 e. The van der Waals surface area contributed by atoms with Crippen molar-refractivity contribution < 1.29 is 9.53 Å². The molecule has 3 rings (SSSR count). The van der Waals surface area contributed by atoms with Crippen molar-refractivity contribution in [2.75, 3.05) is 11.9 Å². The van der Waals surface area contributed by atoms with Gasteiger partial charge in [-0.3, -0.25) is 4.79 Å². The first-order valence-corrected chi connectivity index (χ1v) is 13.3. The Balaban J connectivity index is 1.48. The fourth-order valence-electron chi connectivity index (χ4n) is 4.27. The van der Waals surface area contributed by atoms with Crippen molar-refractivity contribution in [2.45, 2.75) is 84.5 Å². The van der Waals surface area contributed by atoms with Gasteiger partial charge >= 0.3 is 0 Å². The third-order valence-electron chi connectivity index (χ3n) is 6.34. The van der Waals surface area contributed by atoms with Gasteiger partial charge in [0.25, 0.3) is 5.91 Å². The maximum absolute atomic E-state index is 12.8. The summed E-state index contributed by atoms with van der Waals surface area (Å²) in [5, 5.41) is 5.18. The lowest BCUT2D eigenvalue weighted by molar-refractivity contribution is 0.102. The molecule has 34 heavy (non-hydrogen) atoms. The van der Waals surface area contributed by atoms with Gasteiger partial charge in [0.05, 0.1) is 6.61 Å². The quantitative estimate of drug-likeness (QED) is 0.230. The van der Waals surface area contributed by atoms with Crippen LogP contribution in [0, 0.1) is 0 Å². The number of ether oxygens (including phenoxy) is 1. The minimum Gasteiger partial charge on any atom is -0.494 e. The third-order valence-corrected chi connectivity index (χ3v) is 6.34. The van der Waals surface area contributed by atoms with E-state index < -0.39 is 0 Å². The van der Waals surface area contributed by atoms with Gasteiger partial charge in [-0.15, -0.1) is 0 Å². The highest BCUT2D eigenvalue weighted by Crippen LogP contribution is 2.23. The van der Waals surface area contributed by atoms with E-state index in [-0.39, 0.29) is 5.91 Å². The minimum atomic E-state index is -0.0791. The average molecular weight is 460 g/mol. The number of nitrogens with one attached hydrogen (secondary N) is 1. The number of anilines is 1. The highest BCUT2D eigenvalue weighted by Gasteiger charge is 2.08. The van der Waals surface area contributed by atoms with Gasteiger partial charge in [-0.1, -0.05) is 89.5 Å². The van der Waals surface area contributed by atoms with Gasteiger partial charge in [-0.05, 0) is 72.0 Å². The standard InChI is InChI=1S/C31H41NO2/c1-3-5-7-8-9-10-11-12-21-34-30-20-19-26-23-28(18-17-27(26)24-30)31(33)32-29-16-13-15-25(22-29)14-6-4-2/h13,15-20,22-24H,3-12,14,21H2,1-2H3,(H,32,33). The van der Waals surface area contributed by atoms with Crippen LogP contribution < -0.4 is 10.1 Å². The summed E-state index contributed by atoms with van der Waals surface area (Å²) in [6, 6.07) is 20.1. The van der Waals surface area contributed by atoms with Crippen LogP contribution in [-0.2, 0) is 6.42 Å². The second-order valence-corrected chi connectivity index (χ2v) is 9.31. The number of rotatable bonds is 15. The predicted octanol–water partition coefficient (Wildman–Crippen LogP) is 8.95. The van der Waals surface area contributed by atoms with Gasteiger partial charge in [0.15, 0.2) is 0 Å². The molecule has 0 bridgehead atoms. The Morgan fingerprint density at radius 1 is 0.735 bits per heavy atom. The molecule has 182 valence electrons. The van der Waals surface area contributed by atoms with Crippen molar-refractivity contribution in [1.82, 2.24) is 0 Å². The molecule has 0 atom stereocenters. The number of carbonyl (C=O) groups is 1. The van der Waals surface area contributed by atoms with Crippen LogP contribution in [0.5, 0.6) is 5.75 Å². The van der Waals surface area contributed by atoms with Gasteiger partial charge in [0.1, 0.15) is 5.75 Å². The van der Waals surface area contributed by atoms with E-state index in [4.69, 9.17) is 4.74 Å². The lowest BCUT2D eigenvalue weighted by atomic mass is 10.1. The molecule has 0 unspecified atom stereocenters. The van der Waals surface area contributed by atoms with E-state index in [1.807, 2.05) is 42.5 Å². The maximum atomic E-state index is 12.8. The van der Waals surface area contributed by atoms with E-state index in [0.717, 1.165) is 48.1 Å². The van der Waals surface area contributed by atoms with E-state index in [1.54, 1.807) is 0 Å². The van der Waals surface area contributed by atoms with Crippen LogP contribution in [-0.4, -0.2) is 12.5 Å². The lowest BCUT2D eigenvalue weighted by Gasteiger charge is -2.10. The van der Waals surface area contributed by atoms with E-state index in [1.165, 1.54) is 56.9 Å². The predicted molar refractivity (Wildman–Crippen MR) is 145 cm³/mol. The van der Waals surface area contributed by atoms with Crippen LogP contribution >= 0.6 is 0 Å². The van der Waals surface area contributed by atoms with E-state index in [0.29, 0.717) is 5.56 Å². The number of hydrogen-bond acceptors (Lipinski definition) is 2. The summed E-state index contributed by atoms with van der Waals surface area (Å²) in [6.07, 6.45) is 13.8. The Labute approximate surface area is 205 Å². The van der Waals surface area contributed by atoms with Crippen molar-refractivity contribution >= 4 is 22.4 Å². The smallest absolute Gasteiger partial charge is 0.255 e. The first kappa shape index (κ1) is 25.8. The zero-order chi connectivity index (χ0) is 24.0. The van der Waals surface area contributed by atoms with Crippen LogP contribution in [0.1, 0.15) is 94.0 Å². The minimum absolute atomic E-state index is 0.0791.